The minimum Gasteiger partial charge on any atom is -0.423 e. The predicted octanol–water partition coefficient (Wildman–Crippen LogP) is 1.31. The van der Waals surface area contributed by atoms with Crippen molar-refractivity contribution in [2.75, 3.05) is 11.9 Å². The number of rotatable bonds is 4. The largest absolute Gasteiger partial charge is 0.488 e. The number of benzene rings is 2. The van der Waals surface area contributed by atoms with E-state index in [4.69, 9.17) is 10.0 Å². The molecule has 2 rings (SSSR count). The lowest BCUT2D eigenvalue weighted by molar-refractivity contribution is 0.426. The molecule has 0 aromatic heterocycles. The molecule has 0 bridgehead atoms. The molecule has 2 aromatic rings. The molecule has 0 aliphatic heterocycles. The highest BCUT2D eigenvalue weighted by Gasteiger charge is 2.10. The highest BCUT2D eigenvalue weighted by molar-refractivity contribution is 6.58. The Morgan fingerprint density at radius 3 is 2.21 bits per heavy atom. The molecule has 0 fully saturated rings. The zero-order valence-electron chi connectivity index (χ0n) is 11.2. The van der Waals surface area contributed by atoms with E-state index in [9.17, 15) is 0 Å². The lowest BCUT2D eigenvalue weighted by atomic mass is 9.80. The maximum atomic E-state index is 9.06. The van der Waals surface area contributed by atoms with Crippen LogP contribution >= 0.6 is 0 Å². The van der Waals surface area contributed by atoms with E-state index in [0.717, 1.165) is 12.1 Å². The third-order valence-electron chi connectivity index (χ3n) is 3.22. The van der Waals surface area contributed by atoms with Gasteiger partial charge < -0.3 is 14.9 Å². The summed E-state index contributed by atoms with van der Waals surface area (Å²) in [6, 6.07) is 15.6. The number of anilines is 1. The fourth-order valence-corrected chi connectivity index (χ4v) is 2.15. The van der Waals surface area contributed by atoms with Crippen molar-refractivity contribution in [2.24, 2.45) is 0 Å². The van der Waals surface area contributed by atoms with Crippen molar-refractivity contribution in [3.05, 3.63) is 59.7 Å². The van der Waals surface area contributed by atoms with Gasteiger partial charge in [0.25, 0.3) is 0 Å². The number of aryl methyl sites for hydroxylation is 1. The van der Waals surface area contributed by atoms with Crippen LogP contribution in [-0.2, 0) is 6.54 Å². The van der Waals surface area contributed by atoms with E-state index in [0.29, 0.717) is 5.46 Å². The van der Waals surface area contributed by atoms with Crippen LogP contribution in [0.4, 0.5) is 5.69 Å². The summed E-state index contributed by atoms with van der Waals surface area (Å²) in [5, 5.41) is 18.1. The minimum absolute atomic E-state index is 0.516. The molecule has 0 amide bonds. The van der Waals surface area contributed by atoms with Gasteiger partial charge in [-0.1, -0.05) is 42.5 Å². The average Bonchev–Trinajstić information content (AvgIpc) is 2.39. The summed E-state index contributed by atoms with van der Waals surface area (Å²) >= 11 is 0. The van der Waals surface area contributed by atoms with Crippen LogP contribution in [0.5, 0.6) is 0 Å². The smallest absolute Gasteiger partial charge is 0.423 e. The van der Waals surface area contributed by atoms with Gasteiger partial charge in [0, 0.05) is 19.3 Å². The maximum absolute atomic E-state index is 9.06. The van der Waals surface area contributed by atoms with E-state index < -0.39 is 7.12 Å². The van der Waals surface area contributed by atoms with Crippen molar-refractivity contribution in [3.8, 4) is 0 Å². The summed E-state index contributed by atoms with van der Waals surface area (Å²) in [6.45, 7) is 2.88. The Hall–Kier alpha value is -1.78. The Balaban J connectivity index is 2.11. The van der Waals surface area contributed by atoms with Crippen LogP contribution in [0, 0.1) is 6.92 Å². The van der Waals surface area contributed by atoms with Crippen LogP contribution in [0.1, 0.15) is 11.1 Å². The lowest BCUT2D eigenvalue weighted by Crippen LogP contribution is -2.29. The highest BCUT2D eigenvalue weighted by Crippen LogP contribution is 2.19. The number of nitrogens with zero attached hydrogens (tertiary/aromatic N) is 1. The second kappa shape index (κ2) is 5.91. The molecule has 0 aliphatic rings. The second-order valence-corrected chi connectivity index (χ2v) is 4.76. The van der Waals surface area contributed by atoms with Gasteiger partial charge in [0.05, 0.1) is 0 Å². The van der Waals surface area contributed by atoms with E-state index in [1.807, 2.05) is 24.3 Å². The molecule has 0 atom stereocenters. The van der Waals surface area contributed by atoms with Gasteiger partial charge in [-0.05, 0) is 29.6 Å². The zero-order chi connectivity index (χ0) is 13.8. The van der Waals surface area contributed by atoms with Gasteiger partial charge in [0.1, 0.15) is 0 Å². The van der Waals surface area contributed by atoms with Gasteiger partial charge in [0.2, 0.25) is 0 Å². The molecular formula is C15H18BNO2. The minimum atomic E-state index is -1.40. The molecular weight excluding hydrogens is 237 g/mol. The molecule has 0 saturated heterocycles. The fraction of sp³-hybridized carbons (Fsp3) is 0.200. The molecule has 0 radical (unpaired) electrons. The molecule has 0 saturated carbocycles. The van der Waals surface area contributed by atoms with Gasteiger partial charge in [0.15, 0.2) is 0 Å². The van der Waals surface area contributed by atoms with E-state index in [1.54, 1.807) is 12.1 Å². The molecule has 3 nitrogen and oxygen atoms in total. The molecule has 4 heteroatoms. The first-order chi connectivity index (χ1) is 9.08. The normalized spacial score (nSPS) is 10.3. The van der Waals surface area contributed by atoms with Gasteiger partial charge in [-0.3, -0.25) is 0 Å². The summed E-state index contributed by atoms with van der Waals surface area (Å²) in [4.78, 5) is 2.18. The summed E-state index contributed by atoms with van der Waals surface area (Å²) < 4.78 is 0. The van der Waals surface area contributed by atoms with Crippen LogP contribution in [0.15, 0.2) is 48.5 Å². The van der Waals surface area contributed by atoms with Crippen molar-refractivity contribution in [2.45, 2.75) is 13.5 Å². The number of hydrogen-bond donors (Lipinski definition) is 2. The number of hydrogen-bond acceptors (Lipinski definition) is 3. The van der Waals surface area contributed by atoms with Gasteiger partial charge >= 0.3 is 7.12 Å². The zero-order valence-corrected chi connectivity index (χ0v) is 11.2. The first-order valence-corrected chi connectivity index (χ1v) is 6.29. The molecule has 19 heavy (non-hydrogen) atoms. The Labute approximate surface area is 114 Å². The van der Waals surface area contributed by atoms with Crippen LogP contribution in [0.25, 0.3) is 0 Å². The quantitative estimate of drug-likeness (QED) is 0.809. The van der Waals surface area contributed by atoms with Gasteiger partial charge in [-0.25, -0.2) is 0 Å². The van der Waals surface area contributed by atoms with Crippen LogP contribution in [0.2, 0.25) is 0 Å². The van der Waals surface area contributed by atoms with Crippen LogP contribution in [0.3, 0.4) is 0 Å². The molecule has 0 heterocycles. The molecule has 0 spiro atoms. The third-order valence-corrected chi connectivity index (χ3v) is 3.22. The van der Waals surface area contributed by atoms with Crippen molar-refractivity contribution in [3.63, 3.8) is 0 Å². The second-order valence-electron chi connectivity index (χ2n) is 4.76. The Morgan fingerprint density at radius 1 is 1.00 bits per heavy atom. The first kappa shape index (κ1) is 13.7. The summed E-state index contributed by atoms with van der Waals surface area (Å²) in [5.41, 5.74) is 4.10. The third kappa shape index (κ3) is 3.37. The Morgan fingerprint density at radius 2 is 1.63 bits per heavy atom. The van der Waals surface area contributed by atoms with Crippen molar-refractivity contribution in [1.82, 2.24) is 0 Å². The Bertz CT molecular complexity index is 540. The predicted molar refractivity (Wildman–Crippen MR) is 79.6 cm³/mol. The first-order valence-electron chi connectivity index (χ1n) is 6.29. The maximum Gasteiger partial charge on any atom is 0.488 e. The van der Waals surface area contributed by atoms with Gasteiger partial charge in [-0.2, -0.15) is 0 Å². The van der Waals surface area contributed by atoms with E-state index >= 15 is 0 Å². The van der Waals surface area contributed by atoms with Gasteiger partial charge in [-0.15, -0.1) is 0 Å². The lowest BCUT2D eigenvalue weighted by Gasteiger charge is -2.21. The monoisotopic (exact) mass is 255 g/mol. The molecule has 98 valence electrons. The van der Waals surface area contributed by atoms with Crippen LogP contribution in [-0.4, -0.2) is 24.2 Å². The van der Waals surface area contributed by atoms with E-state index in [2.05, 4.69) is 31.0 Å². The fourth-order valence-electron chi connectivity index (χ4n) is 2.15. The topological polar surface area (TPSA) is 43.7 Å². The van der Waals surface area contributed by atoms with Crippen LogP contribution < -0.4 is 10.4 Å². The van der Waals surface area contributed by atoms with Crippen molar-refractivity contribution in [1.29, 1.82) is 0 Å². The van der Waals surface area contributed by atoms with E-state index in [-0.39, 0.29) is 0 Å². The highest BCUT2D eigenvalue weighted by atomic mass is 16.4. The number of para-hydroxylation sites is 1. The standard InChI is InChI=1S/C15H18BNO2/c1-12-5-3-4-6-15(12)17(2)11-13-7-9-14(10-8-13)16(18)19/h3-10,18-19H,11H2,1-2H3. The van der Waals surface area contributed by atoms with E-state index in [1.165, 1.54) is 11.3 Å². The van der Waals surface area contributed by atoms with Crippen molar-refractivity contribution >= 4 is 18.3 Å². The van der Waals surface area contributed by atoms with Crippen molar-refractivity contribution < 1.29 is 10.0 Å². The summed E-state index contributed by atoms with van der Waals surface area (Å²) in [6.07, 6.45) is 0. The molecule has 2 aromatic carbocycles. The SMILES string of the molecule is Cc1ccccc1N(C)Cc1ccc(B(O)O)cc1. The molecule has 0 unspecified atom stereocenters. The summed E-state index contributed by atoms with van der Waals surface area (Å²) in [5.74, 6) is 0. The summed E-state index contributed by atoms with van der Waals surface area (Å²) in [7, 11) is 0.653. The molecule has 2 N–H and O–H groups in total. The Kier molecular flexibility index (Phi) is 4.25. The molecule has 0 aliphatic carbocycles. The average molecular weight is 255 g/mol.